The van der Waals surface area contributed by atoms with E-state index < -0.39 is 0 Å². The minimum absolute atomic E-state index is 0.519. The van der Waals surface area contributed by atoms with Gasteiger partial charge >= 0.3 is 0 Å². The van der Waals surface area contributed by atoms with Crippen LogP contribution < -0.4 is 10.1 Å². The first kappa shape index (κ1) is 17.2. The van der Waals surface area contributed by atoms with Crippen molar-refractivity contribution >= 4 is 22.2 Å². The molecule has 0 radical (unpaired) electrons. The monoisotopic (exact) mass is 373 g/mol. The maximum absolute atomic E-state index is 6.06. The van der Waals surface area contributed by atoms with Gasteiger partial charge in [-0.1, -0.05) is 71.5 Å². The maximum Gasteiger partial charge on any atom is 0.210 e. The summed E-state index contributed by atoms with van der Waals surface area (Å²) in [5.41, 5.74) is 4.32. The minimum atomic E-state index is 0.519. The molecule has 0 fully saturated rings. The Kier molecular flexibility index (Phi) is 5.12. The normalized spacial score (nSPS) is 10.6. The molecule has 134 valence electrons. The van der Waals surface area contributed by atoms with Crippen molar-refractivity contribution in [1.82, 2.24) is 10.2 Å². The van der Waals surface area contributed by atoms with Gasteiger partial charge in [0.2, 0.25) is 5.13 Å². The van der Waals surface area contributed by atoms with E-state index in [1.165, 1.54) is 16.9 Å². The van der Waals surface area contributed by atoms with Crippen molar-refractivity contribution in [1.29, 1.82) is 0 Å². The van der Waals surface area contributed by atoms with Crippen molar-refractivity contribution in [3.8, 4) is 16.3 Å². The van der Waals surface area contributed by atoms with E-state index in [4.69, 9.17) is 4.74 Å². The number of benzene rings is 3. The van der Waals surface area contributed by atoms with E-state index in [0.29, 0.717) is 6.61 Å². The zero-order valence-corrected chi connectivity index (χ0v) is 15.7. The fraction of sp³-hybridized carbons (Fsp3) is 0.0909. The highest BCUT2D eigenvalue weighted by Gasteiger charge is 2.12. The first-order valence-corrected chi connectivity index (χ1v) is 9.53. The summed E-state index contributed by atoms with van der Waals surface area (Å²) in [5.74, 6) is 0.806. The topological polar surface area (TPSA) is 47.0 Å². The van der Waals surface area contributed by atoms with Crippen LogP contribution in [-0.4, -0.2) is 10.2 Å². The Bertz CT molecular complexity index is 1010. The molecule has 27 heavy (non-hydrogen) atoms. The van der Waals surface area contributed by atoms with Crippen molar-refractivity contribution in [3.63, 3.8) is 0 Å². The Labute approximate surface area is 162 Å². The van der Waals surface area contributed by atoms with E-state index in [1.54, 1.807) is 0 Å². The lowest BCUT2D eigenvalue weighted by molar-refractivity contribution is 0.307. The van der Waals surface area contributed by atoms with Gasteiger partial charge in [0.05, 0.1) is 5.56 Å². The van der Waals surface area contributed by atoms with Crippen LogP contribution in [0.4, 0.5) is 10.8 Å². The smallest absolute Gasteiger partial charge is 0.210 e. The van der Waals surface area contributed by atoms with Crippen LogP contribution in [0.1, 0.15) is 11.1 Å². The van der Waals surface area contributed by atoms with Gasteiger partial charge < -0.3 is 10.1 Å². The number of aryl methyl sites for hydroxylation is 1. The molecule has 1 aromatic heterocycles. The second kappa shape index (κ2) is 8.01. The molecule has 0 spiro atoms. The summed E-state index contributed by atoms with van der Waals surface area (Å²) in [6, 6.07) is 26.3. The number of rotatable bonds is 6. The predicted octanol–water partition coefficient (Wildman–Crippen LogP) is 5.84. The molecule has 0 aliphatic heterocycles. The highest BCUT2D eigenvalue weighted by Crippen LogP contribution is 2.34. The number of aromatic nitrogens is 2. The van der Waals surface area contributed by atoms with Crippen LogP contribution >= 0.6 is 11.3 Å². The third-order valence-corrected chi connectivity index (χ3v) is 4.95. The number of para-hydroxylation sites is 2. The molecular formula is C22H19N3OS. The van der Waals surface area contributed by atoms with Crippen LogP contribution in [0, 0.1) is 6.92 Å². The highest BCUT2D eigenvalue weighted by atomic mass is 32.1. The number of hydrogen-bond donors (Lipinski definition) is 1. The van der Waals surface area contributed by atoms with E-state index in [-0.39, 0.29) is 0 Å². The summed E-state index contributed by atoms with van der Waals surface area (Å²) in [4.78, 5) is 0. The van der Waals surface area contributed by atoms with E-state index in [2.05, 4.69) is 46.7 Å². The second-order valence-corrected chi connectivity index (χ2v) is 7.15. The molecular weight excluding hydrogens is 354 g/mol. The van der Waals surface area contributed by atoms with Crippen LogP contribution in [0.5, 0.6) is 5.75 Å². The average Bonchev–Trinajstić information content (AvgIpc) is 3.17. The SMILES string of the molecule is Cc1ccc(COc2ccccc2-c2nnc(Nc3ccccc3)s2)cc1. The molecule has 0 atom stereocenters. The van der Waals surface area contributed by atoms with Gasteiger partial charge in [0.25, 0.3) is 0 Å². The second-order valence-electron chi connectivity index (χ2n) is 6.17. The summed E-state index contributed by atoms with van der Waals surface area (Å²) in [5, 5.41) is 13.5. The summed E-state index contributed by atoms with van der Waals surface area (Å²) in [6.45, 7) is 2.60. The van der Waals surface area contributed by atoms with Crippen LogP contribution in [0.15, 0.2) is 78.9 Å². The Balaban J connectivity index is 1.51. The lowest BCUT2D eigenvalue weighted by Gasteiger charge is -2.10. The number of nitrogens with zero attached hydrogens (tertiary/aromatic N) is 2. The zero-order valence-electron chi connectivity index (χ0n) is 14.9. The van der Waals surface area contributed by atoms with Crippen molar-refractivity contribution in [3.05, 3.63) is 90.0 Å². The van der Waals surface area contributed by atoms with Crippen LogP contribution in [-0.2, 0) is 6.61 Å². The van der Waals surface area contributed by atoms with Crippen LogP contribution in [0.2, 0.25) is 0 Å². The van der Waals surface area contributed by atoms with Gasteiger partial charge in [0.1, 0.15) is 12.4 Å². The van der Waals surface area contributed by atoms with Gasteiger partial charge in [-0.2, -0.15) is 0 Å². The number of hydrogen-bond acceptors (Lipinski definition) is 5. The molecule has 4 aromatic rings. The van der Waals surface area contributed by atoms with E-state index in [9.17, 15) is 0 Å². The standard InChI is InChI=1S/C22H19N3OS/c1-16-11-13-17(14-12-16)15-26-20-10-6-5-9-19(20)21-24-25-22(27-21)23-18-7-3-2-4-8-18/h2-14H,15H2,1H3,(H,23,25). The molecule has 0 bridgehead atoms. The van der Waals surface area contributed by atoms with Gasteiger partial charge in [-0.3, -0.25) is 0 Å². The summed E-state index contributed by atoms with van der Waals surface area (Å²) >= 11 is 1.51. The molecule has 4 rings (SSSR count). The van der Waals surface area contributed by atoms with Crippen molar-refractivity contribution in [2.45, 2.75) is 13.5 Å². The first-order valence-electron chi connectivity index (χ1n) is 8.71. The fourth-order valence-electron chi connectivity index (χ4n) is 2.64. The van der Waals surface area contributed by atoms with Crippen molar-refractivity contribution in [2.24, 2.45) is 0 Å². The fourth-order valence-corrected chi connectivity index (χ4v) is 3.44. The summed E-state index contributed by atoms with van der Waals surface area (Å²) < 4.78 is 6.06. The van der Waals surface area contributed by atoms with E-state index in [0.717, 1.165) is 32.7 Å². The Hall–Kier alpha value is -3.18. The molecule has 0 aliphatic carbocycles. The van der Waals surface area contributed by atoms with Crippen molar-refractivity contribution in [2.75, 3.05) is 5.32 Å². The quantitative estimate of drug-likeness (QED) is 0.461. The largest absolute Gasteiger partial charge is 0.488 e. The van der Waals surface area contributed by atoms with Gasteiger partial charge in [-0.15, -0.1) is 10.2 Å². The molecule has 5 heteroatoms. The molecule has 0 unspecified atom stereocenters. The van der Waals surface area contributed by atoms with Gasteiger partial charge in [0, 0.05) is 5.69 Å². The van der Waals surface area contributed by atoms with Crippen LogP contribution in [0.3, 0.4) is 0 Å². The molecule has 3 aromatic carbocycles. The molecule has 0 amide bonds. The molecule has 0 aliphatic rings. The van der Waals surface area contributed by atoms with Crippen LogP contribution in [0.25, 0.3) is 10.6 Å². The molecule has 0 saturated carbocycles. The van der Waals surface area contributed by atoms with Gasteiger partial charge in [0.15, 0.2) is 5.01 Å². The molecule has 1 heterocycles. The number of nitrogens with one attached hydrogen (secondary N) is 1. The van der Waals surface area contributed by atoms with Crippen molar-refractivity contribution < 1.29 is 4.74 Å². The molecule has 4 nitrogen and oxygen atoms in total. The summed E-state index contributed by atoms with van der Waals surface area (Å²) in [7, 11) is 0. The van der Waals surface area contributed by atoms with E-state index >= 15 is 0 Å². The highest BCUT2D eigenvalue weighted by molar-refractivity contribution is 7.18. The third kappa shape index (κ3) is 4.33. The Morgan fingerprint density at radius 2 is 1.59 bits per heavy atom. The van der Waals surface area contributed by atoms with E-state index in [1.807, 2.05) is 54.6 Å². The Morgan fingerprint density at radius 1 is 0.852 bits per heavy atom. The average molecular weight is 373 g/mol. The summed E-state index contributed by atoms with van der Waals surface area (Å²) in [6.07, 6.45) is 0. The zero-order chi connectivity index (χ0) is 18.5. The molecule has 1 N–H and O–H groups in total. The van der Waals surface area contributed by atoms with Gasteiger partial charge in [-0.25, -0.2) is 0 Å². The maximum atomic E-state index is 6.06. The number of anilines is 2. The minimum Gasteiger partial charge on any atom is -0.488 e. The third-order valence-electron chi connectivity index (χ3n) is 4.08. The predicted molar refractivity (Wildman–Crippen MR) is 111 cm³/mol. The molecule has 0 saturated heterocycles. The van der Waals surface area contributed by atoms with Gasteiger partial charge in [-0.05, 0) is 36.8 Å². The lowest BCUT2D eigenvalue weighted by atomic mass is 10.1. The first-order chi connectivity index (χ1) is 13.3. The lowest BCUT2D eigenvalue weighted by Crippen LogP contribution is -1.97. The number of ether oxygens (including phenoxy) is 1. The Morgan fingerprint density at radius 3 is 2.41 bits per heavy atom.